The zero-order chi connectivity index (χ0) is 29.1. The lowest BCUT2D eigenvalue weighted by Gasteiger charge is -2.33. The molecule has 1 saturated heterocycles. The quantitative estimate of drug-likeness (QED) is 0.386. The molecular formula is C25H33N7O7S. The molecule has 15 heteroatoms. The number of rotatable bonds is 8. The van der Waals surface area contributed by atoms with E-state index in [4.69, 9.17) is 18.9 Å². The number of hydrogen-bond acceptors (Lipinski definition) is 12. The number of methoxy groups -OCH3 is 3. The Morgan fingerprint density at radius 2 is 1.75 bits per heavy atom. The number of likely N-dealkylation sites (tertiary alicyclic amines) is 1. The molecule has 3 aromatic rings. The van der Waals surface area contributed by atoms with E-state index in [1.807, 2.05) is 0 Å². The minimum absolute atomic E-state index is 0.0107. The summed E-state index contributed by atoms with van der Waals surface area (Å²) in [6, 6.07) is 5.08. The van der Waals surface area contributed by atoms with Crippen LogP contribution in [0.1, 0.15) is 39.4 Å². The summed E-state index contributed by atoms with van der Waals surface area (Å²) in [6.45, 7) is 5.72. The van der Waals surface area contributed by atoms with Gasteiger partial charge >= 0.3 is 6.09 Å². The van der Waals surface area contributed by atoms with Crippen LogP contribution in [-0.2, 0) is 20.3 Å². The Morgan fingerprint density at radius 1 is 1.05 bits per heavy atom. The normalized spacial score (nSPS) is 15.9. The van der Waals surface area contributed by atoms with E-state index in [9.17, 15) is 13.2 Å². The van der Waals surface area contributed by atoms with Crippen LogP contribution in [-0.4, -0.2) is 94.4 Å². The van der Waals surface area contributed by atoms with Crippen molar-refractivity contribution in [3.8, 4) is 34.8 Å². The van der Waals surface area contributed by atoms with E-state index in [-0.39, 0.29) is 35.6 Å². The molecule has 40 heavy (non-hydrogen) atoms. The third-order valence-electron chi connectivity index (χ3n) is 6.13. The van der Waals surface area contributed by atoms with Gasteiger partial charge in [0.1, 0.15) is 23.4 Å². The number of hydrogen-bond donors (Lipinski definition) is 0. The largest absolute Gasteiger partial charge is 0.481 e. The number of amides is 1. The van der Waals surface area contributed by atoms with Crippen LogP contribution >= 0.6 is 0 Å². The first-order valence-electron chi connectivity index (χ1n) is 12.6. The van der Waals surface area contributed by atoms with E-state index in [2.05, 4.69) is 25.1 Å². The standard InChI is InChI=1S/C25H33N7O7S/c1-25(2,3)39-24(33)31-12-8-9-16(13-31)40(34,35)14-18-29-30-21(17-10-7-11-19(28-17)36-4)32(18)20-22(37-5)26-15-27-23(20)38-6/h7,10-11,15-16H,8-9,12-14H2,1-6H3. The van der Waals surface area contributed by atoms with Gasteiger partial charge in [-0.1, -0.05) is 6.07 Å². The van der Waals surface area contributed by atoms with Crippen LogP contribution in [0.5, 0.6) is 17.6 Å². The lowest BCUT2D eigenvalue weighted by molar-refractivity contribution is 0.0219. The van der Waals surface area contributed by atoms with Crippen molar-refractivity contribution < 1.29 is 32.2 Å². The Morgan fingerprint density at radius 3 is 2.38 bits per heavy atom. The Hall–Kier alpha value is -4.01. The molecular weight excluding hydrogens is 542 g/mol. The molecule has 4 heterocycles. The van der Waals surface area contributed by atoms with Gasteiger partial charge < -0.3 is 23.8 Å². The average molecular weight is 576 g/mol. The van der Waals surface area contributed by atoms with Gasteiger partial charge in [0.2, 0.25) is 17.6 Å². The zero-order valence-corrected chi connectivity index (χ0v) is 24.1. The lowest BCUT2D eigenvalue weighted by Crippen LogP contribution is -2.47. The van der Waals surface area contributed by atoms with Crippen molar-refractivity contribution in [2.75, 3.05) is 34.4 Å². The summed E-state index contributed by atoms with van der Waals surface area (Å²) < 4.78 is 50.6. The molecule has 4 rings (SSSR count). The molecule has 0 aromatic carbocycles. The summed E-state index contributed by atoms with van der Waals surface area (Å²) in [5.74, 6) is 0.341. The first-order chi connectivity index (χ1) is 19.0. The minimum atomic E-state index is -3.84. The highest BCUT2D eigenvalue weighted by Crippen LogP contribution is 2.34. The molecule has 1 aliphatic heterocycles. The Labute approximate surface area is 232 Å². The van der Waals surface area contributed by atoms with Crippen LogP contribution in [0, 0.1) is 0 Å². The highest BCUT2D eigenvalue weighted by molar-refractivity contribution is 7.91. The van der Waals surface area contributed by atoms with Crippen LogP contribution in [0.15, 0.2) is 24.5 Å². The first-order valence-corrected chi connectivity index (χ1v) is 14.3. The molecule has 1 aliphatic rings. The predicted molar refractivity (Wildman–Crippen MR) is 143 cm³/mol. The summed E-state index contributed by atoms with van der Waals surface area (Å²) in [5.41, 5.74) is -0.127. The SMILES string of the molecule is COc1cccc(-c2nnc(CS(=O)(=O)C3CCCN(C(=O)OC(C)(C)C)C3)n2-c2c(OC)ncnc2OC)n1. The van der Waals surface area contributed by atoms with E-state index in [1.165, 1.54) is 37.1 Å². The fraction of sp³-hybridized carbons (Fsp3) is 0.520. The van der Waals surface area contributed by atoms with Crippen molar-refractivity contribution >= 4 is 15.9 Å². The summed E-state index contributed by atoms with van der Waals surface area (Å²) >= 11 is 0. The molecule has 1 amide bonds. The van der Waals surface area contributed by atoms with Gasteiger partial charge in [0.25, 0.3) is 0 Å². The number of ether oxygens (including phenoxy) is 4. The van der Waals surface area contributed by atoms with Crippen molar-refractivity contribution in [2.45, 2.75) is 50.2 Å². The number of piperidine rings is 1. The number of sulfone groups is 1. The van der Waals surface area contributed by atoms with Crippen molar-refractivity contribution in [1.82, 2.24) is 34.6 Å². The molecule has 0 radical (unpaired) electrons. The molecule has 0 spiro atoms. The van der Waals surface area contributed by atoms with Gasteiger partial charge in [-0.15, -0.1) is 10.2 Å². The van der Waals surface area contributed by atoms with E-state index >= 15 is 0 Å². The van der Waals surface area contributed by atoms with Gasteiger partial charge in [0.05, 0.1) is 26.6 Å². The number of nitrogens with zero attached hydrogens (tertiary/aromatic N) is 7. The molecule has 0 aliphatic carbocycles. The Balaban J connectivity index is 1.76. The van der Waals surface area contributed by atoms with Gasteiger partial charge in [-0.2, -0.15) is 9.97 Å². The molecule has 0 bridgehead atoms. The summed E-state index contributed by atoms with van der Waals surface area (Å²) in [6.07, 6.45) is 1.63. The number of aromatic nitrogens is 6. The highest BCUT2D eigenvalue weighted by atomic mass is 32.2. The number of carbonyl (C=O) groups excluding carboxylic acids is 1. The third kappa shape index (κ3) is 6.24. The number of carbonyl (C=O) groups is 1. The van der Waals surface area contributed by atoms with Gasteiger partial charge in [0, 0.05) is 19.2 Å². The van der Waals surface area contributed by atoms with Crippen molar-refractivity contribution in [1.29, 1.82) is 0 Å². The van der Waals surface area contributed by atoms with Crippen molar-refractivity contribution in [2.24, 2.45) is 0 Å². The van der Waals surface area contributed by atoms with Crippen molar-refractivity contribution in [3.63, 3.8) is 0 Å². The Kier molecular flexibility index (Phi) is 8.42. The summed E-state index contributed by atoms with van der Waals surface area (Å²) in [7, 11) is 0.484. The molecule has 1 unspecified atom stereocenters. The second-order valence-electron chi connectivity index (χ2n) is 10.1. The van der Waals surface area contributed by atoms with E-state index < -0.39 is 32.5 Å². The zero-order valence-electron chi connectivity index (χ0n) is 23.3. The monoisotopic (exact) mass is 575 g/mol. The smallest absolute Gasteiger partial charge is 0.410 e. The van der Waals surface area contributed by atoms with E-state index in [0.717, 1.165) is 0 Å². The third-order valence-corrected chi connectivity index (χ3v) is 8.19. The second kappa shape index (κ2) is 11.6. The Bertz CT molecular complexity index is 1450. The van der Waals surface area contributed by atoms with E-state index in [0.29, 0.717) is 31.0 Å². The fourth-order valence-electron chi connectivity index (χ4n) is 4.32. The van der Waals surface area contributed by atoms with Gasteiger partial charge in [-0.3, -0.25) is 4.57 Å². The van der Waals surface area contributed by atoms with Gasteiger partial charge in [0.15, 0.2) is 27.2 Å². The highest BCUT2D eigenvalue weighted by Gasteiger charge is 2.36. The maximum atomic E-state index is 13.8. The second-order valence-corrected chi connectivity index (χ2v) is 12.4. The van der Waals surface area contributed by atoms with Crippen LogP contribution in [0.3, 0.4) is 0 Å². The van der Waals surface area contributed by atoms with Crippen LogP contribution in [0.4, 0.5) is 4.79 Å². The first kappa shape index (κ1) is 29.0. The van der Waals surface area contributed by atoms with Crippen LogP contribution in [0.2, 0.25) is 0 Å². The fourth-order valence-corrected chi connectivity index (χ4v) is 6.04. The predicted octanol–water partition coefficient (Wildman–Crippen LogP) is 2.46. The minimum Gasteiger partial charge on any atom is -0.481 e. The topological polar surface area (TPSA) is 161 Å². The molecule has 14 nitrogen and oxygen atoms in total. The van der Waals surface area contributed by atoms with Crippen LogP contribution < -0.4 is 14.2 Å². The van der Waals surface area contributed by atoms with Gasteiger partial charge in [-0.25, -0.2) is 18.2 Å². The lowest BCUT2D eigenvalue weighted by atomic mass is 10.1. The summed E-state index contributed by atoms with van der Waals surface area (Å²) in [5, 5.41) is 7.69. The summed E-state index contributed by atoms with van der Waals surface area (Å²) in [4.78, 5) is 26.9. The van der Waals surface area contributed by atoms with Crippen LogP contribution in [0.25, 0.3) is 17.2 Å². The average Bonchev–Trinajstić information content (AvgIpc) is 3.33. The molecule has 0 saturated carbocycles. The molecule has 0 N–H and O–H groups in total. The molecule has 3 aromatic heterocycles. The molecule has 1 fully saturated rings. The molecule has 216 valence electrons. The maximum absolute atomic E-state index is 13.8. The number of pyridine rings is 1. The van der Waals surface area contributed by atoms with Crippen molar-refractivity contribution in [3.05, 3.63) is 30.4 Å². The molecule has 1 atom stereocenters. The maximum Gasteiger partial charge on any atom is 0.410 e. The van der Waals surface area contributed by atoms with E-state index in [1.54, 1.807) is 39.0 Å². The van der Waals surface area contributed by atoms with Gasteiger partial charge in [-0.05, 0) is 39.7 Å².